The highest BCUT2D eigenvalue weighted by Gasteiger charge is 1.95. The van der Waals surface area contributed by atoms with Crippen LogP contribution >= 0.6 is 0 Å². The molecule has 1 rings (SSSR count). The van der Waals surface area contributed by atoms with Gasteiger partial charge in [-0.25, -0.2) is 0 Å². The summed E-state index contributed by atoms with van der Waals surface area (Å²) in [5.41, 5.74) is 0. The minimum Gasteiger partial charge on any atom is -0.339 e. The third kappa shape index (κ3) is 1.21. The highest BCUT2D eigenvalue weighted by atomic mass is 29.2. The molecule has 0 unspecified atom stereocenters. The molecule has 0 saturated carbocycles. The summed E-state index contributed by atoms with van der Waals surface area (Å²) in [6.07, 6.45) is 0. The second kappa shape index (κ2) is 2.51. The topological polar surface area (TPSA) is 24.1 Å². The molecule has 6 heavy (non-hydrogen) atoms. The summed E-state index contributed by atoms with van der Waals surface area (Å²) in [5.74, 6) is 0. The normalized spacial score (nSPS) is 24.0. The van der Waals surface area contributed by atoms with Gasteiger partial charge in [-0.15, -0.1) is 0 Å². The van der Waals surface area contributed by atoms with Gasteiger partial charge >= 0.3 is 0 Å². The first-order valence-electron chi connectivity index (χ1n) is 1.96. The summed E-state index contributed by atoms with van der Waals surface area (Å²) in [4.78, 5) is 6.52. The van der Waals surface area contributed by atoms with Crippen LogP contribution in [0.4, 0.5) is 0 Å². The minimum atomic E-state index is 0.968. The van der Waals surface area contributed by atoms with Crippen LogP contribution in [0.1, 0.15) is 0 Å². The highest BCUT2D eigenvalue weighted by Crippen LogP contribution is 1.59. The van der Waals surface area contributed by atoms with Crippen LogP contribution in [0.5, 0.6) is 0 Å². The average Bonchev–Trinajstić information content (AvgIpc) is 1.72. The van der Waals surface area contributed by atoms with Crippen molar-refractivity contribution in [3.05, 3.63) is 0 Å². The Morgan fingerprint density at radius 1 is 1.00 bits per heavy atom. The predicted molar refractivity (Wildman–Crippen MR) is 27.5 cm³/mol. The summed E-state index contributed by atoms with van der Waals surface area (Å²) >= 11 is 0. The van der Waals surface area contributed by atoms with E-state index in [0.717, 1.165) is 31.5 Å². The van der Waals surface area contributed by atoms with Crippen molar-refractivity contribution in [2.45, 2.75) is 0 Å². The number of hydrogen-bond acceptors (Lipinski definition) is 2. The van der Waals surface area contributed by atoms with E-state index in [4.69, 9.17) is 0 Å². The zero-order chi connectivity index (χ0) is 4.24. The van der Waals surface area contributed by atoms with Gasteiger partial charge in [0.2, 0.25) is 0 Å². The Hall–Kier alpha value is 0.354. The van der Waals surface area contributed by atoms with E-state index in [1.54, 1.807) is 0 Å². The van der Waals surface area contributed by atoms with E-state index in [9.17, 15) is 0 Å². The fourth-order valence-electron chi connectivity index (χ4n) is 0.338. The van der Waals surface area contributed by atoms with Gasteiger partial charge in [-0.05, 0) is 0 Å². The molecule has 1 heterocycles. The van der Waals surface area contributed by atoms with Crippen LogP contribution < -0.4 is 9.96 Å². The minimum absolute atomic E-state index is 0.968. The molecule has 0 atom stereocenters. The Kier molecular flexibility index (Phi) is 1.89. The SMILES string of the molecule is C1CN[Si][Si]N1. The van der Waals surface area contributed by atoms with Crippen molar-refractivity contribution in [1.29, 1.82) is 0 Å². The van der Waals surface area contributed by atoms with Crippen LogP contribution in [-0.2, 0) is 0 Å². The molecule has 4 radical (unpaired) electrons. The van der Waals surface area contributed by atoms with Crippen LogP contribution in [0.3, 0.4) is 0 Å². The molecule has 0 amide bonds. The van der Waals surface area contributed by atoms with Gasteiger partial charge < -0.3 is 9.96 Å². The molecule has 4 heteroatoms. The third-order valence-electron chi connectivity index (χ3n) is 0.614. The van der Waals surface area contributed by atoms with Crippen LogP contribution in [0.15, 0.2) is 0 Å². The molecule has 1 aliphatic heterocycles. The van der Waals surface area contributed by atoms with E-state index in [1.807, 2.05) is 0 Å². The summed E-state index contributed by atoms with van der Waals surface area (Å²) in [6.45, 7) is 2.32. The fourth-order valence-corrected chi connectivity index (χ4v) is 2.30. The van der Waals surface area contributed by atoms with E-state index in [1.165, 1.54) is 0 Å². The molecule has 2 nitrogen and oxygen atoms in total. The molecule has 0 aromatic carbocycles. The van der Waals surface area contributed by atoms with Crippen molar-refractivity contribution < 1.29 is 0 Å². The van der Waals surface area contributed by atoms with Gasteiger partial charge in [-0.2, -0.15) is 0 Å². The van der Waals surface area contributed by atoms with E-state index in [-0.39, 0.29) is 0 Å². The Bertz CT molecular complexity index is 25.0. The lowest BCUT2D eigenvalue weighted by atomic mass is 10.7. The van der Waals surface area contributed by atoms with Crippen LogP contribution in [-0.4, -0.2) is 31.5 Å². The molecule has 0 bridgehead atoms. The van der Waals surface area contributed by atoms with E-state index in [2.05, 4.69) is 9.96 Å². The molecule has 1 aliphatic rings. The third-order valence-corrected chi connectivity index (χ3v) is 3.03. The quantitative estimate of drug-likeness (QED) is 0.368. The van der Waals surface area contributed by atoms with Gasteiger partial charge in [0.15, 0.2) is 0 Å². The summed E-state index contributed by atoms with van der Waals surface area (Å²) < 4.78 is 0. The van der Waals surface area contributed by atoms with Gasteiger partial charge in [-0.3, -0.25) is 0 Å². The van der Waals surface area contributed by atoms with Crippen LogP contribution in [0.25, 0.3) is 0 Å². The van der Waals surface area contributed by atoms with Gasteiger partial charge in [0, 0.05) is 13.1 Å². The predicted octanol–water partition coefficient (Wildman–Crippen LogP) is -1.67. The molecular formula is C2H6N2Si2. The molecule has 0 aromatic rings. The van der Waals surface area contributed by atoms with Crippen molar-refractivity contribution in [2.24, 2.45) is 0 Å². The second-order valence-corrected chi connectivity index (χ2v) is 3.81. The smallest absolute Gasteiger partial charge is 0.140 e. The molecule has 0 spiro atoms. The molecule has 1 fully saturated rings. The van der Waals surface area contributed by atoms with Gasteiger partial charge in [-0.1, -0.05) is 0 Å². The standard InChI is InChI=1S/C2H6N2Si2/c1-2-4-6-5-3-1/h3-4H,1-2H2. The maximum Gasteiger partial charge on any atom is 0.140 e. The van der Waals surface area contributed by atoms with E-state index < -0.39 is 0 Å². The number of nitrogens with one attached hydrogen (secondary N) is 2. The summed E-state index contributed by atoms with van der Waals surface area (Å²) in [6, 6.07) is 0. The molecule has 0 aliphatic carbocycles. The number of rotatable bonds is 0. The Balaban J connectivity index is 2.00. The Morgan fingerprint density at radius 3 is 1.67 bits per heavy atom. The molecule has 1 saturated heterocycles. The maximum absolute atomic E-state index is 3.26. The van der Waals surface area contributed by atoms with Crippen molar-refractivity contribution in [3.63, 3.8) is 0 Å². The lowest BCUT2D eigenvalue weighted by molar-refractivity contribution is 0.833. The lowest BCUT2D eigenvalue weighted by Gasteiger charge is -2.08. The zero-order valence-corrected chi connectivity index (χ0v) is 5.41. The first-order chi connectivity index (χ1) is 3.00. The first-order valence-corrected chi connectivity index (χ1v) is 4.96. The second-order valence-electron chi connectivity index (χ2n) is 1.10. The molecule has 2 N–H and O–H groups in total. The Morgan fingerprint density at radius 2 is 1.50 bits per heavy atom. The monoisotopic (exact) mass is 114 g/mol. The van der Waals surface area contributed by atoms with Crippen molar-refractivity contribution in [1.82, 2.24) is 9.96 Å². The van der Waals surface area contributed by atoms with Crippen molar-refractivity contribution in [3.8, 4) is 0 Å². The van der Waals surface area contributed by atoms with Crippen LogP contribution in [0.2, 0.25) is 0 Å². The average molecular weight is 114 g/mol. The maximum atomic E-state index is 3.26. The van der Waals surface area contributed by atoms with Crippen molar-refractivity contribution >= 4 is 18.4 Å². The first kappa shape index (κ1) is 4.51. The van der Waals surface area contributed by atoms with Crippen molar-refractivity contribution in [2.75, 3.05) is 13.1 Å². The lowest BCUT2D eigenvalue weighted by Crippen LogP contribution is -2.45. The van der Waals surface area contributed by atoms with E-state index >= 15 is 0 Å². The summed E-state index contributed by atoms with van der Waals surface area (Å²) in [5, 5.41) is 0. The van der Waals surface area contributed by atoms with Gasteiger partial charge in [0.1, 0.15) is 18.4 Å². The van der Waals surface area contributed by atoms with Gasteiger partial charge in [0.05, 0.1) is 0 Å². The largest absolute Gasteiger partial charge is 0.339 e. The van der Waals surface area contributed by atoms with E-state index in [0.29, 0.717) is 0 Å². The van der Waals surface area contributed by atoms with Crippen LogP contribution in [0, 0.1) is 0 Å². The molecule has 32 valence electrons. The highest BCUT2D eigenvalue weighted by molar-refractivity contribution is 6.98. The Labute approximate surface area is 42.3 Å². The zero-order valence-electron chi connectivity index (χ0n) is 3.41. The number of hydrogen-bond donors (Lipinski definition) is 2. The van der Waals surface area contributed by atoms with Gasteiger partial charge in [0.25, 0.3) is 0 Å². The molecular weight excluding hydrogens is 108 g/mol. The summed E-state index contributed by atoms with van der Waals surface area (Å²) in [7, 11) is 1.94. The molecule has 0 aromatic heterocycles. The fraction of sp³-hybridized carbons (Fsp3) is 1.00.